The van der Waals surface area contributed by atoms with Gasteiger partial charge in [-0.15, -0.1) is 0 Å². The maximum atomic E-state index is 5.63. The van der Waals surface area contributed by atoms with Crippen molar-refractivity contribution in [3.63, 3.8) is 0 Å². The summed E-state index contributed by atoms with van der Waals surface area (Å²) in [5.41, 5.74) is 1.33. The van der Waals surface area contributed by atoms with E-state index in [9.17, 15) is 0 Å². The molecule has 1 aromatic carbocycles. The summed E-state index contributed by atoms with van der Waals surface area (Å²) >= 11 is 3.60. The van der Waals surface area contributed by atoms with Crippen LogP contribution < -0.4 is 5.32 Å². The Morgan fingerprint density at radius 3 is 3.00 bits per heavy atom. The first kappa shape index (κ1) is 14.0. The Kier molecular flexibility index (Phi) is 5.67. The standard InChI is InChI=1S/C15H22BrNO/c1-12(14-8-2-3-9-15(14)16)17-10-4-6-13-7-5-11-18-13/h2-3,8-9,12-13,17H,4-7,10-11H2,1H3/t12-,13?/m1/s1. The summed E-state index contributed by atoms with van der Waals surface area (Å²) in [6.07, 6.45) is 5.39. The highest BCUT2D eigenvalue weighted by atomic mass is 79.9. The van der Waals surface area contributed by atoms with Crippen molar-refractivity contribution in [1.82, 2.24) is 5.32 Å². The van der Waals surface area contributed by atoms with Gasteiger partial charge in [-0.3, -0.25) is 0 Å². The minimum absolute atomic E-state index is 0.394. The van der Waals surface area contributed by atoms with Gasteiger partial charge < -0.3 is 10.1 Å². The lowest BCUT2D eigenvalue weighted by Crippen LogP contribution is -2.21. The van der Waals surface area contributed by atoms with Crippen molar-refractivity contribution in [3.05, 3.63) is 34.3 Å². The summed E-state index contributed by atoms with van der Waals surface area (Å²) in [6.45, 7) is 4.24. The van der Waals surface area contributed by atoms with Crippen molar-refractivity contribution in [2.75, 3.05) is 13.2 Å². The van der Waals surface area contributed by atoms with Gasteiger partial charge in [-0.25, -0.2) is 0 Å². The van der Waals surface area contributed by atoms with Crippen LogP contribution in [0.15, 0.2) is 28.7 Å². The molecular formula is C15H22BrNO. The van der Waals surface area contributed by atoms with Gasteiger partial charge in [-0.1, -0.05) is 34.1 Å². The summed E-state index contributed by atoms with van der Waals surface area (Å²) in [5.74, 6) is 0. The van der Waals surface area contributed by atoms with E-state index >= 15 is 0 Å². The monoisotopic (exact) mass is 311 g/mol. The summed E-state index contributed by atoms with van der Waals surface area (Å²) in [4.78, 5) is 0. The van der Waals surface area contributed by atoms with Crippen LogP contribution in [0, 0.1) is 0 Å². The lowest BCUT2D eigenvalue weighted by molar-refractivity contribution is 0.102. The first-order valence-corrected chi connectivity index (χ1v) is 7.66. The molecule has 3 heteroatoms. The van der Waals surface area contributed by atoms with Crippen LogP contribution in [0.4, 0.5) is 0 Å². The SMILES string of the molecule is C[C@@H](NCCCC1CCCO1)c1ccccc1Br. The van der Waals surface area contributed by atoms with E-state index in [0.717, 1.165) is 13.2 Å². The van der Waals surface area contributed by atoms with Gasteiger partial charge in [-0.2, -0.15) is 0 Å². The fraction of sp³-hybridized carbons (Fsp3) is 0.600. The van der Waals surface area contributed by atoms with Crippen LogP contribution in [-0.2, 0) is 4.74 Å². The third-order valence-electron chi connectivity index (χ3n) is 3.55. The maximum Gasteiger partial charge on any atom is 0.0576 e. The Hall–Kier alpha value is -0.380. The van der Waals surface area contributed by atoms with Crippen molar-refractivity contribution in [2.24, 2.45) is 0 Å². The molecule has 1 aliphatic rings. The fourth-order valence-corrected chi connectivity index (χ4v) is 3.08. The highest BCUT2D eigenvalue weighted by Gasteiger charge is 2.14. The molecule has 1 heterocycles. The molecule has 0 saturated carbocycles. The average Bonchev–Trinajstić information content (AvgIpc) is 2.88. The number of hydrogen-bond acceptors (Lipinski definition) is 2. The van der Waals surface area contributed by atoms with Gasteiger partial charge in [0.15, 0.2) is 0 Å². The van der Waals surface area contributed by atoms with Crippen molar-refractivity contribution in [1.29, 1.82) is 0 Å². The Morgan fingerprint density at radius 1 is 1.44 bits per heavy atom. The molecule has 18 heavy (non-hydrogen) atoms. The second-order valence-corrected chi connectivity index (χ2v) is 5.83. The molecule has 0 aromatic heterocycles. The van der Waals surface area contributed by atoms with E-state index < -0.39 is 0 Å². The third-order valence-corrected chi connectivity index (χ3v) is 4.27. The number of halogens is 1. The lowest BCUT2D eigenvalue weighted by atomic mass is 10.1. The molecule has 0 bridgehead atoms. The lowest BCUT2D eigenvalue weighted by Gasteiger charge is -2.16. The molecule has 1 aromatic rings. The molecule has 1 aliphatic heterocycles. The van der Waals surface area contributed by atoms with Gasteiger partial charge in [-0.05, 0) is 50.8 Å². The predicted molar refractivity (Wildman–Crippen MR) is 78.8 cm³/mol. The van der Waals surface area contributed by atoms with Gasteiger partial charge in [0.25, 0.3) is 0 Å². The molecule has 0 radical (unpaired) electrons. The van der Waals surface area contributed by atoms with Crippen molar-refractivity contribution < 1.29 is 4.74 Å². The van der Waals surface area contributed by atoms with Crippen molar-refractivity contribution in [2.45, 2.75) is 44.8 Å². The summed E-state index contributed by atoms with van der Waals surface area (Å²) in [7, 11) is 0. The van der Waals surface area contributed by atoms with Gasteiger partial charge in [0.2, 0.25) is 0 Å². The molecule has 1 N–H and O–H groups in total. The first-order chi connectivity index (χ1) is 8.77. The van der Waals surface area contributed by atoms with E-state index in [-0.39, 0.29) is 0 Å². The molecule has 0 aliphatic carbocycles. The second kappa shape index (κ2) is 7.27. The van der Waals surface area contributed by atoms with E-state index in [1.807, 2.05) is 0 Å². The molecule has 1 saturated heterocycles. The summed E-state index contributed by atoms with van der Waals surface area (Å²) in [5, 5.41) is 3.58. The zero-order chi connectivity index (χ0) is 12.8. The molecule has 2 rings (SSSR count). The Morgan fingerprint density at radius 2 is 2.28 bits per heavy atom. The predicted octanol–water partition coefficient (Wildman–Crippen LogP) is 4.06. The zero-order valence-electron chi connectivity index (χ0n) is 11.0. The normalized spacial score (nSPS) is 21.1. The summed E-state index contributed by atoms with van der Waals surface area (Å²) in [6, 6.07) is 8.80. The second-order valence-electron chi connectivity index (χ2n) is 4.97. The zero-order valence-corrected chi connectivity index (χ0v) is 12.6. The number of benzene rings is 1. The minimum atomic E-state index is 0.394. The number of hydrogen-bond donors (Lipinski definition) is 1. The van der Waals surface area contributed by atoms with Crippen LogP contribution in [-0.4, -0.2) is 19.3 Å². The first-order valence-electron chi connectivity index (χ1n) is 6.87. The van der Waals surface area contributed by atoms with Crippen molar-refractivity contribution >= 4 is 15.9 Å². The largest absolute Gasteiger partial charge is 0.378 e. The maximum absolute atomic E-state index is 5.63. The number of rotatable bonds is 6. The average molecular weight is 312 g/mol. The molecule has 0 spiro atoms. The van der Waals surface area contributed by atoms with Crippen LogP contribution in [0.3, 0.4) is 0 Å². The van der Waals surface area contributed by atoms with Crippen molar-refractivity contribution in [3.8, 4) is 0 Å². The van der Waals surface area contributed by atoms with E-state index in [1.54, 1.807) is 0 Å². The third kappa shape index (κ3) is 4.08. The fourth-order valence-electron chi connectivity index (χ4n) is 2.46. The summed E-state index contributed by atoms with van der Waals surface area (Å²) < 4.78 is 6.81. The number of nitrogens with one attached hydrogen (secondary N) is 1. The molecule has 2 nitrogen and oxygen atoms in total. The van der Waals surface area contributed by atoms with E-state index in [4.69, 9.17) is 4.74 Å². The molecule has 0 amide bonds. The van der Waals surface area contributed by atoms with Gasteiger partial charge in [0.05, 0.1) is 6.10 Å². The van der Waals surface area contributed by atoms with Crippen LogP contribution in [0.1, 0.15) is 44.2 Å². The van der Waals surface area contributed by atoms with Crippen LogP contribution in [0.2, 0.25) is 0 Å². The van der Waals surface area contributed by atoms with Gasteiger partial charge in [0.1, 0.15) is 0 Å². The topological polar surface area (TPSA) is 21.3 Å². The molecule has 100 valence electrons. The van der Waals surface area contributed by atoms with Gasteiger partial charge in [0, 0.05) is 17.1 Å². The Labute approximate surface area is 118 Å². The van der Waals surface area contributed by atoms with Crippen LogP contribution >= 0.6 is 15.9 Å². The molecule has 1 fully saturated rings. The van der Waals surface area contributed by atoms with E-state index in [1.165, 1.54) is 35.7 Å². The molecule has 2 atom stereocenters. The Bertz CT molecular complexity index is 363. The van der Waals surface area contributed by atoms with Crippen LogP contribution in [0.25, 0.3) is 0 Å². The highest BCUT2D eigenvalue weighted by Crippen LogP contribution is 2.23. The van der Waals surface area contributed by atoms with E-state index in [0.29, 0.717) is 12.1 Å². The number of ether oxygens (including phenoxy) is 1. The Balaban J connectivity index is 1.68. The van der Waals surface area contributed by atoms with E-state index in [2.05, 4.69) is 52.4 Å². The van der Waals surface area contributed by atoms with Gasteiger partial charge >= 0.3 is 0 Å². The molecular weight excluding hydrogens is 290 g/mol. The van der Waals surface area contributed by atoms with Crippen LogP contribution in [0.5, 0.6) is 0 Å². The highest BCUT2D eigenvalue weighted by molar-refractivity contribution is 9.10. The minimum Gasteiger partial charge on any atom is -0.378 e. The smallest absolute Gasteiger partial charge is 0.0576 e. The quantitative estimate of drug-likeness (QED) is 0.800. The molecule has 1 unspecified atom stereocenters.